The Morgan fingerprint density at radius 1 is 1.19 bits per heavy atom. The molecule has 0 amide bonds. The van der Waals surface area contributed by atoms with Crippen LogP contribution in [0, 0.1) is 10.1 Å². The summed E-state index contributed by atoms with van der Waals surface area (Å²) in [7, 11) is 0. The van der Waals surface area contributed by atoms with Gasteiger partial charge in [0.2, 0.25) is 0 Å². The number of nitro benzene ring substituents is 1. The van der Waals surface area contributed by atoms with Crippen LogP contribution in [0.2, 0.25) is 0 Å². The monoisotopic (exact) mass is 286 g/mol. The van der Waals surface area contributed by atoms with Crippen LogP contribution in [0.4, 0.5) is 5.69 Å². The van der Waals surface area contributed by atoms with Crippen molar-refractivity contribution >= 4 is 5.69 Å². The zero-order chi connectivity index (χ0) is 15.2. The van der Waals surface area contributed by atoms with E-state index < -0.39 is 11.0 Å². The fourth-order valence-electron chi connectivity index (χ4n) is 2.02. The van der Waals surface area contributed by atoms with Crippen LogP contribution in [0.25, 0.3) is 0 Å². The summed E-state index contributed by atoms with van der Waals surface area (Å²) in [4.78, 5) is 10.4. The third-order valence-corrected chi connectivity index (χ3v) is 3.15. The Morgan fingerprint density at radius 2 is 1.90 bits per heavy atom. The largest absolute Gasteiger partial charge is 0.494 e. The minimum absolute atomic E-state index is 0.0471. The van der Waals surface area contributed by atoms with E-state index in [0.717, 1.165) is 17.7 Å². The first-order valence-electron chi connectivity index (χ1n) is 6.84. The molecular weight excluding hydrogens is 268 g/mol. The van der Waals surface area contributed by atoms with Crippen molar-refractivity contribution < 1.29 is 9.66 Å². The molecule has 2 aromatic rings. The van der Waals surface area contributed by atoms with Crippen LogP contribution in [0.1, 0.15) is 30.5 Å². The molecule has 0 saturated carbocycles. The zero-order valence-corrected chi connectivity index (χ0v) is 11.9. The van der Waals surface area contributed by atoms with E-state index in [-0.39, 0.29) is 5.69 Å². The van der Waals surface area contributed by atoms with Crippen molar-refractivity contribution in [1.29, 1.82) is 0 Å². The van der Waals surface area contributed by atoms with Gasteiger partial charge in [0, 0.05) is 12.1 Å². The second-order valence-electron chi connectivity index (χ2n) is 4.75. The molecule has 0 aromatic heterocycles. The summed E-state index contributed by atoms with van der Waals surface area (Å²) in [6, 6.07) is 13.5. The lowest BCUT2D eigenvalue weighted by Gasteiger charge is -2.13. The highest BCUT2D eigenvalue weighted by atomic mass is 16.6. The minimum atomic E-state index is -0.419. The Balaban J connectivity index is 2.17. The lowest BCUT2D eigenvalue weighted by Crippen LogP contribution is -2.12. The van der Waals surface area contributed by atoms with Gasteiger partial charge in [-0.1, -0.05) is 31.2 Å². The van der Waals surface area contributed by atoms with Gasteiger partial charge in [-0.2, -0.15) is 0 Å². The molecule has 0 fully saturated rings. The van der Waals surface area contributed by atoms with E-state index in [1.807, 2.05) is 31.2 Å². The third kappa shape index (κ3) is 3.79. The molecule has 0 saturated heterocycles. The van der Waals surface area contributed by atoms with Gasteiger partial charge in [-0.05, 0) is 29.7 Å². The fraction of sp³-hybridized carbons (Fsp3) is 0.250. The average Bonchev–Trinajstić information content (AvgIpc) is 2.53. The molecule has 0 aliphatic heterocycles. The Kier molecular flexibility index (Phi) is 4.90. The molecule has 5 nitrogen and oxygen atoms in total. The van der Waals surface area contributed by atoms with Gasteiger partial charge in [0.1, 0.15) is 5.75 Å². The first kappa shape index (κ1) is 15.0. The van der Waals surface area contributed by atoms with Crippen LogP contribution in [0.5, 0.6) is 5.75 Å². The van der Waals surface area contributed by atoms with Crippen LogP contribution < -0.4 is 10.5 Å². The van der Waals surface area contributed by atoms with Crippen molar-refractivity contribution in [2.75, 3.05) is 6.61 Å². The molecule has 1 unspecified atom stereocenters. The molecule has 0 aliphatic rings. The van der Waals surface area contributed by atoms with E-state index in [2.05, 4.69) is 0 Å². The molecule has 0 aliphatic carbocycles. The third-order valence-electron chi connectivity index (χ3n) is 3.15. The molecule has 2 aromatic carbocycles. The highest BCUT2D eigenvalue weighted by Gasteiger charge is 2.13. The zero-order valence-electron chi connectivity index (χ0n) is 11.9. The maximum Gasteiger partial charge on any atom is 0.269 e. The molecule has 0 spiro atoms. The Hall–Kier alpha value is -2.40. The van der Waals surface area contributed by atoms with Crippen LogP contribution >= 0.6 is 0 Å². The maximum atomic E-state index is 10.8. The molecule has 0 radical (unpaired) electrons. The molecule has 2 N–H and O–H groups in total. The van der Waals surface area contributed by atoms with Crippen LogP contribution in [-0.4, -0.2) is 11.5 Å². The summed E-state index contributed by atoms with van der Waals surface area (Å²) >= 11 is 0. The van der Waals surface area contributed by atoms with Crippen LogP contribution in [-0.2, 0) is 0 Å². The van der Waals surface area contributed by atoms with Gasteiger partial charge in [-0.25, -0.2) is 0 Å². The van der Waals surface area contributed by atoms with Gasteiger partial charge < -0.3 is 10.5 Å². The van der Waals surface area contributed by atoms with Gasteiger partial charge in [0.05, 0.1) is 17.6 Å². The number of non-ortho nitro benzene ring substituents is 1. The first-order valence-corrected chi connectivity index (χ1v) is 6.84. The SMILES string of the molecule is CCCOc1ccc(C(N)c2cccc([N+](=O)[O-])c2)cc1. The van der Waals surface area contributed by atoms with Crippen molar-refractivity contribution in [1.82, 2.24) is 0 Å². The molecule has 1 atom stereocenters. The normalized spacial score (nSPS) is 11.9. The highest BCUT2D eigenvalue weighted by molar-refractivity contribution is 5.40. The molecule has 110 valence electrons. The number of nitrogens with zero attached hydrogens (tertiary/aromatic N) is 1. The van der Waals surface area contributed by atoms with Crippen molar-refractivity contribution in [3.8, 4) is 5.75 Å². The first-order chi connectivity index (χ1) is 10.1. The number of nitro groups is 1. The second-order valence-corrected chi connectivity index (χ2v) is 4.75. The lowest BCUT2D eigenvalue weighted by molar-refractivity contribution is -0.384. The van der Waals surface area contributed by atoms with Crippen molar-refractivity contribution in [2.45, 2.75) is 19.4 Å². The average molecular weight is 286 g/mol. The number of nitrogens with two attached hydrogens (primary N) is 1. The van der Waals surface area contributed by atoms with E-state index in [4.69, 9.17) is 10.5 Å². The summed E-state index contributed by atoms with van der Waals surface area (Å²) in [5.74, 6) is 0.798. The standard InChI is InChI=1S/C16H18N2O3/c1-2-10-21-15-8-6-12(7-9-15)16(17)13-4-3-5-14(11-13)18(19)20/h3-9,11,16H,2,10,17H2,1H3. The number of benzene rings is 2. The Labute approximate surface area is 123 Å². The van der Waals surface area contributed by atoms with E-state index in [1.165, 1.54) is 12.1 Å². The predicted molar refractivity (Wildman–Crippen MR) is 81.4 cm³/mol. The van der Waals surface area contributed by atoms with E-state index in [9.17, 15) is 10.1 Å². The predicted octanol–water partition coefficient (Wildman–Crippen LogP) is 3.43. The number of rotatable bonds is 6. The van der Waals surface area contributed by atoms with Gasteiger partial charge >= 0.3 is 0 Å². The molecule has 21 heavy (non-hydrogen) atoms. The van der Waals surface area contributed by atoms with Crippen molar-refractivity contribution in [3.05, 3.63) is 69.8 Å². The van der Waals surface area contributed by atoms with Gasteiger partial charge in [-0.15, -0.1) is 0 Å². The quantitative estimate of drug-likeness (QED) is 0.651. The Morgan fingerprint density at radius 3 is 2.52 bits per heavy atom. The van der Waals surface area contributed by atoms with Crippen molar-refractivity contribution in [2.24, 2.45) is 5.73 Å². The maximum absolute atomic E-state index is 10.8. The number of ether oxygens (including phenoxy) is 1. The van der Waals surface area contributed by atoms with Crippen LogP contribution in [0.15, 0.2) is 48.5 Å². The molecule has 2 rings (SSSR count). The summed E-state index contributed by atoms with van der Waals surface area (Å²) in [6.07, 6.45) is 0.953. The summed E-state index contributed by atoms with van der Waals surface area (Å²) in [5, 5.41) is 10.8. The number of hydrogen-bond donors (Lipinski definition) is 1. The van der Waals surface area contributed by atoms with Crippen LogP contribution in [0.3, 0.4) is 0 Å². The second kappa shape index (κ2) is 6.85. The molecule has 5 heteroatoms. The minimum Gasteiger partial charge on any atom is -0.494 e. The molecule has 0 heterocycles. The smallest absolute Gasteiger partial charge is 0.269 e. The van der Waals surface area contributed by atoms with E-state index in [1.54, 1.807) is 12.1 Å². The fourth-order valence-corrected chi connectivity index (χ4v) is 2.02. The molecular formula is C16H18N2O3. The van der Waals surface area contributed by atoms with Crippen molar-refractivity contribution in [3.63, 3.8) is 0 Å². The van der Waals surface area contributed by atoms with Gasteiger partial charge in [-0.3, -0.25) is 10.1 Å². The summed E-state index contributed by atoms with van der Waals surface area (Å²) in [6.45, 7) is 2.73. The lowest BCUT2D eigenvalue weighted by atomic mass is 9.99. The topological polar surface area (TPSA) is 78.4 Å². The van der Waals surface area contributed by atoms with Gasteiger partial charge in [0.25, 0.3) is 5.69 Å². The molecule has 0 bridgehead atoms. The van der Waals surface area contributed by atoms with E-state index >= 15 is 0 Å². The number of hydrogen-bond acceptors (Lipinski definition) is 4. The summed E-state index contributed by atoms with van der Waals surface area (Å²) < 4.78 is 5.52. The Bertz CT molecular complexity index is 611. The van der Waals surface area contributed by atoms with Gasteiger partial charge in [0.15, 0.2) is 0 Å². The highest BCUT2D eigenvalue weighted by Crippen LogP contribution is 2.24. The van der Waals surface area contributed by atoms with E-state index in [0.29, 0.717) is 12.2 Å². The summed E-state index contributed by atoms with van der Waals surface area (Å²) in [5.41, 5.74) is 7.82.